The Labute approximate surface area is 118 Å². The highest BCUT2D eigenvalue weighted by Crippen LogP contribution is 2.24. The van der Waals surface area contributed by atoms with Gasteiger partial charge in [0.25, 0.3) is 0 Å². The average molecular weight is 277 g/mol. The second kappa shape index (κ2) is 6.43. The van der Waals surface area contributed by atoms with Crippen molar-refractivity contribution in [3.63, 3.8) is 0 Å². The molecule has 0 aromatic carbocycles. The largest absolute Gasteiger partial charge is 0.468 e. The van der Waals surface area contributed by atoms with Crippen LogP contribution in [0.4, 0.5) is 0 Å². The molecule has 0 saturated carbocycles. The van der Waals surface area contributed by atoms with Gasteiger partial charge in [-0.25, -0.2) is 4.79 Å². The van der Waals surface area contributed by atoms with Gasteiger partial charge in [0, 0.05) is 0 Å². The first-order valence-corrected chi connectivity index (χ1v) is 6.60. The minimum absolute atomic E-state index is 0.0449. The fourth-order valence-electron chi connectivity index (χ4n) is 2.09. The Morgan fingerprint density at radius 1 is 1.40 bits per heavy atom. The molecule has 5 nitrogen and oxygen atoms in total. The number of ether oxygens (including phenoxy) is 1. The molecule has 0 aliphatic rings. The Morgan fingerprint density at radius 3 is 2.80 bits per heavy atom. The summed E-state index contributed by atoms with van der Waals surface area (Å²) >= 11 is 0. The molecule has 2 aromatic rings. The lowest BCUT2D eigenvalue weighted by Gasteiger charge is -2.25. The van der Waals surface area contributed by atoms with Crippen molar-refractivity contribution in [2.75, 3.05) is 13.7 Å². The van der Waals surface area contributed by atoms with Gasteiger partial charge in [0.05, 0.1) is 26.0 Å². The van der Waals surface area contributed by atoms with Gasteiger partial charge in [-0.2, -0.15) is 0 Å². The van der Waals surface area contributed by atoms with E-state index in [4.69, 9.17) is 8.83 Å². The number of carbonyl (C=O) groups is 1. The summed E-state index contributed by atoms with van der Waals surface area (Å²) in [6, 6.07) is 7.30. The van der Waals surface area contributed by atoms with Crippen molar-refractivity contribution in [3.8, 4) is 0 Å². The first kappa shape index (κ1) is 14.4. The fourth-order valence-corrected chi connectivity index (χ4v) is 2.09. The van der Waals surface area contributed by atoms with Crippen LogP contribution in [0.2, 0.25) is 0 Å². The van der Waals surface area contributed by atoms with Gasteiger partial charge in [-0.15, -0.1) is 0 Å². The molecule has 0 aliphatic heterocycles. The van der Waals surface area contributed by atoms with Crippen molar-refractivity contribution in [1.29, 1.82) is 0 Å². The van der Waals surface area contributed by atoms with E-state index in [1.165, 1.54) is 7.11 Å². The molecular weight excluding hydrogens is 258 g/mol. The second-order valence-corrected chi connectivity index (χ2v) is 4.51. The van der Waals surface area contributed by atoms with Crippen LogP contribution >= 0.6 is 0 Å². The molecule has 2 aromatic heterocycles. The molecule has 2 heterocycles. The predicted octanol–water partition coefficient (Wildman–Crippen LogP) is 3.24. The Balaban J connectivity index is 2.09. The van der Waals surface area contributed by atoms with Gasteiger partial charge < -0.3 is 13.6 Å². The molecule has 20 heavy (non-hydrogen) atoms. The highest BCUT2D eigenvalue weighted by atomic mass is 16.5. The van der Waals surface area contributed by atoms with Gasteiger partial charge >= 0.3 is 5.97 Å². The number of hydrogen-bond acceptors (Lipinski definition) is 5. The van der Waals surface area contributed by atoms with Crippen LogP contribution in [0.15, 0.2) is 39.4 Å². The first-order chi connectivity index (χ1) is 9.65. The SMILES string of the molecule is CCN(Cc1ccco1)C(C)c1ccc(C(=O)OC)o1. The van der Waals surface area contributed by atoms with Crippen LogP contribution in [0.5, 0.6) is 0 Å². The van der Waals surface area contributed by atoms with E-state index in [9.17, 15) is 4.79 Å². The molecule has 0 aliphatic carbocycles. The van der Waals surface area contributed by atoms with E-state index in [1.807, 2.05) is 25.1 Å². The average Bonchev–Trinajstić information content (AvgIpc) is 3.14. The van der Waals surface area contributed by atoms with Gasteiger partial charge in [-0.05, 0) is 37.7 Å². The zero-order chi connectivity index (χ0) is 14.5. The van der Waals surface area contributed by atoms with Crippen LogP contribution < -0.4 is 0 Å². The van der Waals surface area contributed by atoms with Crippen molar-refractivity contribution < 1.29 is 18.4 Å². The number of furan rings is 2. The topological polar surface area (TPSA) is 55.8 Å². The fraction of sp³-hybridized carbons (Fsp3) is 0.400. The Morgan fingerprint density at radius 2 is 2.20 bits per heavy atom. The van der Waals surface area contributed by atoms with E-state index < -0.39 is 5.97 Å². The lowest BCUT2D eigenvalue weighted by atomic mass is 10.2. The molecule has 1 atom stereocenters. The smallest absolute Gasteiger partial charge is 0.373 e. The summed E-state index contributed by atoms with van der Waals surface area (Å²) < 4.78 is 15.6. The van der Waals surface area contributed by atoms with Gasteiger partial charge in [0.1, 0.15) is 11.5 Å². The highest BCUT2D eigenvalue weighted by Gasteiger charge is 2.20. The molecule has 0 fully saturated rings. The van der Waals surface area contributed by atoms with E-state index in [1.54, 1.807) is 12.3 Å². The Hall–Kier alpha value is -2.01. The lowest BCUT2D eigenvalue weighted by molar-refractivity contribution is 0.0558. The Bertz CT molecular complexity index is 544. The summed E-state index contributed by atoms with van der Waals surface area (Å²) in [5.74, 6) is 1.40. The van der Waals surface area contributed by atoms with E-state index in [0.29, 0.717) is 6.54 Å². The van der Waals surface area contributed by atoms with Crippen molar-refractivity contribution in [2.45, 2.75) is 26.4 Å². The minimum Gasteiger partial charge on any atom is -0.468 e. The maximum Gasteiger partial charge on any atom is 0.373 e. The summed E-state index contributed by atoms with van der Waals surface area (Å²) in [4.78, 5) is 13.6. The molecular formula is C15H19NO4. The van der Waals surface area contributed by atoms with Crippen LogP contribution in [-0.2, 0) is 11.3 Å². The number of rotatable bonds is 6. The summed E-state index contributed by atoms with van der Waals surface area (Å²) in [7, 11) is 1.34. The molecule has 1 unspecified atom stereocenters. The van der Waals surface area contributed by atoms with Crippen molar-refractivity contribution in [1.82, 2.24) is 4.90 Å². The van der Waals surface area contributed by atoms with E-state index in [-0.39, 0.29) is 11.8 Å². The summed E-state index contributed by atoms with van der Waals surface area (Å²) in [5.41, 5.74) is 0. The molecule has 0 radical (unpaired) electrons. The van der Waals surface area contributed by atoms with Crippen LogP contribution in [0, 0.1) is 0 Å². The van der Waals surface area contributed by atoms with Gasteiger partial charge in [0.2, 0.25) is 5.76 Å². The maximum atomic E-state index is 11.4. The molecule has 0 bridgehead atoms. The third kappa shape index (κ3) is 3.11. The molecule has 108 valence electrons. The van der Waals surface area contributed by atoms with Crippen molar-refractivity contribution in [2.24, 2.45) is 0 Å². The molecule has 0 saturated heterocycles. The predicted molar refractivity (Wildman–Crippen MR) is 73.3 cm³/mol. The summed E-state index contributed by atoms with van der Waals surface area (Å²) in [6.07, 6.45) is 1.66. The molecule has 2 rings (SSSR count). The second-order valence-electron chi connectivity index (χ2n) is 4.51. The van der Waals surface area contributed by atoms with E-state index in [0.717, 1.165) is 18.1 Å². The van der Waals surface area contributed by atoms with Crippen LogP contribution in [0.25, 0.3) is 0 Å². The monoisotopic (exact) mass is 277 g/mol. The Kier molecular flexibility index (Phi) is 4.63. The standard InChI is InChI=1S/C15H19NO4/c1-4-16(10-12-6-5-9-19-12)11(2)13-7-8-14(20-13)15(17)18-3/h5-9,11H,4,10H2,1-3H3. The zero-order valence-electron chi connectivity index (χ0n) is 12.0. The number of hydrogen-bond donors (Lipinski definition) is 0. The van der Waals surface area contributed by atoms with Gasteiger partial charge in [-0.1, -0.05) is 6.92 Å². The van der Waals surface area contributed by atoms with E-state index in [2.05, 4.69) is 16.6 Å². The molecule has 5 heteroatoms. The summed E-state index contributed by atoms with van der Waals surface area (Å²) in [6.45, 7) is 5.64. The number of esters is 1. The number of nitrogens with zero attached hydrogens (tertiary/aromatic N) is 1. The van der Waals surface area contributed by atoms with Crippen molar-refractivity contribution in [3.05, 3.63) is 47.8 Å². The van der Waals surface area contributed by atoms with Gasteiger partial charge in [-0.3, -0.25) is 4.90 Å². The third-order valence-electron chi connectivity index (χ3n) is 3.32. The van der Waals surface area contributed by atoms with Gasteiger partial charge in [0.15, 0.2) is 0 Å². The number of carbonyl (C=O) groups excluding carboxylic acids is 1. The normalized spacial score (nSPS) is 12.6. The quantitative estimate of drug-likeness (QED) is 0.759. The van der Waals surface area contributed by atoms with Crippen molar-refractivity contribution >= 4 is 5.97 Å². The molecule has 0 N–H and O–H groups in total. The molecule has 0 spiro atoms. The van der Waals surface area contributed by atoms with Crippen LogP contribution in [-0.4, -0.2) is 24.5 Å². The lowest BCUT2D eigenvalue weighted by Crippen LogP contribution is -2.25. The highest BCUT2D eigenvalue weighted by molar-refractivity contribution is 5.86. The van der Waals surface area contributed by atoms with E-state index >= 15 is 0 Å². The third-order valence-corrected chi connectivity index (χ3v) is 3.32. The zero-order valence-corrected chi connectivity index (χ0v) is 12.0. The molecule has 0 amide bonds. The number of methoxy groups -OCH3 is 1. The van der Waals surface area contributed by atoms with Crippen LogP contribution in [0.1, 0.15) is 42.0 Å². The van der Waals surface area contributed by atoms with Crippen LogP contribution in [0.3, 0.4) is 0 Å². The minimum atomic E-state index is -0.461. The first-order valence-electron chi connectivity index (χ1n) is 6.60. The summed E-state index contributed by atoms with van der Waals surface area (Å²) in [5, 5.41) is 0. The maximum absolute atomic E-state index is 11.4.